The van der Waals surface area contributed by atoms with Crippen LogP contribution < -0.4 is 15.4 Å². The predicted molar refractivity (Wildman–Crippen MR) is 121 cm³/mol. The van der Waals surface area contributed by atoms with Crippen molar-refractivity contribution in [1.29, 1.82) is 0 Å². The number of amides is 2. The van der Waals surface area contributed by atoms with E-state index in [0.29, 0.717) is 23.8 Å². The Kier molecular flexibility index (Phi) is 7.07. The number of pyridine rings is 1. The van der Waals surface area contributed by atoms with E-state index in [9.17, 15) is 9.59 Å². The fourth-order valence-electron chi connectivity index (χ4n) is 4.13. The van der Waals surface area contributed by atoms with Gasteiger partial charge in [-0.2, -0.15) is 0 Å². The van der Waals surface area contributed by atoms with E-state index in [0.717, 1.165) is 37.1 Å². The minimum Gasteiger partial charge on any atom is -0.486 e. The second-order valence-electron chi connectivity index (χ2n) is 8.27. The first kappa shape index (κ1) is 22.6. The number of ether oxygens (including phenoxy) is 1. The summed E-state index contributed by atoms with van der Waals surface area (Å²) < 4.78 is 11.5. The molecule has 9 heteroatoms. The highest BCUT2D eigenvalue weighted by molar-refractivity contribution is 5.96. The van der Waals surface area contributed by atoms with Gasteiger partial charge in [-0.15, -0.1) is 0 Å². The van der Waals surface area contributed by atoms with Crippen LogP contribution in [0.15, 0.2) is 41.2 Å². The van der Waals surface area contributed by atoms with Crippen LogP contribution in [0.2, 0.25) is 0 Å². The molecule has 33 heavy (non-hydrogen) atoms. The molecule has 3 aromatic rings. The number of hydrogen-bond acceptors (Lipinski definition) is 6. The summed E-state index contributed by atoms with van der Waals surface area (Å²) in [4.78, 5) is 36.8. The molecule has 4 rings (SSSR count). The number of H-pyrrole nitrogens is 1. The maximum absolute atomic E-state index is 12.8. The number of aromatic amines is 1. The van der Waals surface area contributed by atoms with Crippen molar-refractivity contribution in [3.8, 4) is 17.2 Å². The van der Waals surface area contributed by atoms with Crippen LogP contribution in [0.3, 0.4) is 0 Å². The van der Waals surface area contributed by atoms with E-state index >= 15 is 0 Å². The van der Waals surface area contributed by atoms with Crippen molar-refractivity contribution in [3.63, 3.8) is 0 Å². The first-order chi connectivity index (χ1) is 16.0. The van der Waals surface area contributed by atoms with Crippen LogP contribution >= 0.6 is 0 Å². The van der Waals surface area contributed by atoms with Crippen LogP contribution in [0.5, 0.6) is 5.75 Å². The Morgan fingerprint density at radius 3 is 2.67 bits per heavy atom. The Morgan fingerprint density at radius 2 is 2.00 bits per heavy atom. The Balaban J connectivity index is 1.39. The van der Waals surface area contributed by atoms with Crippen LogP contribution in [0.4, 0.5) is 0 Å². The third kappa shape index (κ3) is 5.42. The largest absolute Gasteiger partial charge is 0.486 e. The van der Waals surface area contributed by atoms with Crippen LogP contribution in [-0.4, -0.2) is 39.9 Å². The Bertz CT molecular complexity index is 1080. The van der Waals surface area contributed by atoms with E-state index in [1.165, 1.54) is 6.42 Å². The third-order valence-corrected chi connectivity index (χ3v) is 6.07. The van der Waals surface area contributed by atoms with Crippen molar-refractivity contribution < 1.29 is 18.7 Å². The molecule has 1 saturated carbocycles. The molecule has 2 amide bonds. The van der Waals surface area contributed by atoms with Gasteiger partial charge in [0.15, 0.2) is 11.5 Å². The van der Waals surface area contributed by atoms with Gasteiger partial charge in [-0.05, 0) is 49.9 Å². The number of furan rings is 1. The molecule has 3 N–H and O–H groups in total. The zero-order chi connectivity index (χ0) is 23.2. The van der Waals surface area contributed by atoms with Crippen molar-refractivity contribution >= 4 is 11.8 Å². The lowest BCUT2D eigenvalue weighted by Gasteiger charge is -2.29. The van der Waals surface area contributed by atoms with E-state index in [1.54, 1.807) is 43.8 Å². The SMILES string of the molecule is CNC(=O)C(NC(=O)c1ccc(-c2ccc(OCc3nc[nH]c3C)cn2)o1)C1CCCCC1. The number of aryl methyl sites for hydroxylation is 1. The normalized spacial score (nSPS) is 15.1. The molecule has 1 atom stereocenters. The van der Waals surface area contributed by atoms with Crippen molar-refractivity contribution in [2.24, 2.45) is 5.92 Å². The smallest absolute Gasteiger partial charge is 0.287 e. The molecule has 9 nitrogen and oxygen atoms in total. The van der Waals surface area contributed by atoms with Gasteiger partial charge in [0.2, 0.25) is 5.91 Å². The lowest BCUT2D eigenvalue weighted by Crippen LogP contribution is -2.50. The number of carbonyl (C=O) groups excluding carboxylic acids is 2. The second kappa shape index (κ2) is 10.3. The summed E-state index contributed by atoms with van der Waals surface area (Å²) in [6.07, 6.45) is 8.42. The summed E-state index contributed by atoms with van der Waals surface area (Å²) in [5.41, 5.74) is 2.37. The minimum atomic E-state index is -0.566. The minimum absolute atomic E-state index is 0.136. The van der Waals surface area contributed by atoms with Gasteiger partial charge in [0, 0.05) is 12.7 Å². The summed E-state index contributed by atoms with van der Waals surface area (Å²) >= 11 is 0. The molecule has 0 aliphatic heterocycles. The van der Waals surface area contributed by atoms with E-state index in [2.05, 4.69) is 25.6 Å². The fraction of sp³-hybridized carbons (Fsp3) is 0.417. The van der Waals surface area contributed by atoms with Gasteiger partial charge in [0.25, 0.3) is 5.91 Å². The maximum Gasteiger partial charge on any atom is 0.287 e. The number of nitrogens with zero attached hydrogens (tertiary/aromatic N) is 2. The zero-order valence-corrected chi connectivity index (χ0v) is 18.9. The molecule has 0 saturated heterocycles. The van der Waals surface area contributed by atoms with Crippen molar-refractivity contribution in [1.82, 2.24) is 25.6 Å². The molecular weight excluding hydrogens is 422 g/mol. The highest BCUT2D eigenvalue weighted by Crippen LogP contribution is 2.27. The molecule has 0 aromatic carbocycles. The molecule has 0 spiro atoms. The molecular formula is C24H29N5O4. The number of imidazole rings is 1. The average molecular weight is 452 g/mol. The predicted octanol–water partition coefficient (Wildman–Crippen LogP) is 3.38. The molecule has 174 valence electrons. The molecule has 0 bridgehead atoms. The van der Waals surface area contributed by atoms with Gasteiger partial charge in [0.05, 0.1) is 18.2 Å². The van der Waals surface area contributed by atoms with Crippen molar-refractivity contribution in [2.45, 2.75) is 51.7 Å². The average Bonchev–Trinajstić information content (AvgIpc) is 3.51. The second-order valence-corrected chi connectivity index (χ2v) is 8.27. The molecule has 3 aromatic heterocycles. The van der Waals surface area contributed by atoms with Gasteiger partial charge in [0.1, 0.15) is 24.1 Å². The van der Waals surface area contributed by atoms with Gasteiger partial charge >= 0.3 is 0 Å². The molecule has 0 radical (unpaired) electrons. The van der Waals surface area contributed by atoms with Gasteiger partial charge in [-0.1, -0.05) is 19.3 Å². The molecule has 1 unspecified atom stereocenters. The maximum atomic E-state index is 12.8. The lowest BCUT2D eigenvalue weighted by molar-refractivity contribution is -0.124. The Morgan fingerprint density at radius 1 is 1.18 bits per heavy atom. The molecule has 1 fully saturated rings. The lowest BCUT2D eigenvalue weighted by atomic mass is 9.83. The number of nitrogens with one attached hydrogen (secondary N) is 3. The highest BCUT2D eigenvalue weighted by atomic mass is 16.5. The van der Waals surface area contributed by atoms with E-state index in [-0.39, 0.29) is 17.6 Å². The summed E-state index contributed by atoms with van der Waals surface area (Å²) in [5.74, 6) is 0.761. The van der Waals surface area contributed by atoms with E-state index < -0.39 is 11.9 Å². The number of hydrogen-bond donors (Lipinski definition) is 3. The third-order valence-electron chi connectivity index (χ3n) is 6.07. The quantitative estimate of drug-likeness (QED) is 0.483. The van der Waals surface area contributed by atoms with Crippen LogP contribution in [0.25, 0.3) is 11.5 Å². The van der Waals surface area contributed by atoms with Crippen molar-refractivity contribution in [2.75, 3.05) is 7.05 Å². The van der Waals surface area contributed by atoms with Gasteiger partial charge in [-0.3, -0.25) is 9.59 Å². The number of likely N-dealkylation sites (N-methyl/N-ethyl adjacent to an activating group) is 1. The topological polar surface area (TPSA) is 122 Å². The van der Waals surface area contributed by atoms with Gasteiger partial charge in [-0.25, -0.2) is 9.97 Å². The zero-order valence-electron chi connectivity index (χ0n) is 18.9. The first-order valence-electron chi connectivity index (χ1n) is 11.3. The standard InChI is InChI=1S/C24H29N5O4/c1-15-19(28-14-27-15)13-32-17-8-9-18(26-12-17)20-10-11-21(33-20)23(30)29-22(24(31)25-2)16-6-4-3-5-7-16/h8-12,14,16,22H,3-7,13H2,1-2H3,(H,25,31)(H,27,28)(H,29,30). The fourth-order valence-corrected chi connectivity index (χ4v) is 4.13. The monoisotopic (exact) mass is 451 g/mol. The van der Waals surface area contributed by atoms with Crippen LogP contribution in [-0.2, 0) is 11.4 Å². The summed E-state index contributed by atoms with van der Waals surface area (Å²) in [6.45, 7) is 2.28. The summed E-state index contributed by atoms with van der Waals surface area (Å²) in [6, 6.07) is 6.28. The Hall–Kier alpha value is -3.62. The molecule has 1 aliphatic rings. The number of carbonyl (C=O) groups is 2. The number of rotatable bonds is 8. The summed E-state index contributed by atoms with van der Waals surface area (Å²) in [7, 11) is 1.59. The molecule has 1 aliphatic carbocycles. The summed E-state index contributed by atoms with van der Waals surface area (Å²) in [5, 5.41) is 5.53. The number of aromatic nitrogens is 3. The highest BCUT2D eigenvalue weighted by Gasteiger charge is 2.31. The van der Waals surface area contributed by atoms with Crippen LogP contribution in [0.1, 0.15) is 54.0 Å². The molecule has 3 heterocycles. The Labute approximate surface area is 192 Å². The first-order valence-corrected chi connectivity index (χ1v) is 11.3. The van der Waals surface area contributed by atoms with E-state index in [1.807, 2.05) is 6.92 Å². The van der Waals surface area contributed by atoms with E-state index in [4.69, 9.17) is 9.15 Å². The van der Waals surface area contributed by atoms with Crippen LogP contribution in [0, 0.1) is 12.8 Å². The van der Waals surface area contributed by atoms with Crippen molar-refractivity contribution in [3.05, 3.63) is 53.9 Å². The van der Waals surface area contributed by atoms with Gasteiger partial charge < -0.3 is 24.8 Å².